The SMILES string of the molecule is CN(C)c1ccnc(-c2[c-]c(CS(=O)[O-])ccc2)c1.CNCc1ccnc(-c2[c-]c(S(C)(=O)=O)ccc2)c1.[Pt+2]. The summed E-state index contributed by atoms with van der Waals surface area (Å²) in [6, 6.07) is 24.2. The summed E-state index contributed by atoms with van der Waals surface area (Å²) in [6.45, 7) is 0.737. The molecule has 1 atom stereocenters. The van der Waals surface area contributed by atoms with Crippen molar-refractivity contribution in [2.45, 2.75) is 17.2 Å². The number of benzene rings is 2. The number of pyridine rings is 2. The van der Waals surface area contributed by atoms with Crippen LogP contribution in [0.3, 0.4) is 0 Å². The quantitative estimate of drug-likeness (QED) is 0.215. The van der Waals surface area contributed by atoms with Crippen molar-refractivity contribution in [2.24, 2.45) is 0 Å². The Morgan fingerprint density at radius 3 is 2.18 bits per heavy atom. The van der Waals surface area contributed by atoms with E-state index in [-0.39, 0.29) is 31.7 Å². The normalized spacial score (nSPS) is 11.5. The monoisotopic (exact) mass is 744 g/mol. The predicted octanol–water partition coefficient (Wildman–Crippen LogP) is 3.66. The molecule has 0 aliphatic carbocycles. The molecule has 4 rings (SSSR count). The van der Waals surface area contributed by atoms with Gasteiger partial charge in [0.2, 0.25) is 0 Å². The molecular weight excluding hydrogens is 716 g/mol. The van der Waals surface area contributed by atoms with Crippen LogP contribution in [0.15, 0.2) is 78.0 Å². The summed E-state index contributed by atoms with van der Waals surface area (Å²) in [5.41, 5.74) is 5.75. The van der Waals surface area contributed by atoms with Crippen molar-refractivity contribution >= 4 is 26.6 Å². The van der Waals surface area contributed by atoms with Crippen LogP contribution in [0.5, 0.6) is 0 Å². The first-order valence-electron chi connectivity index (χ1n) is 11.6. The van der Waals surface area contributed by atoms with E-state index < -0.39 is 20.9 Å². The molecule has 0 radical (unpaired) electrons. The molecule has 0 aliphatic heterocycles. The Kier molecular flexibility index (Phi) is 12.6. The fourth-order valence-electron chi connectivity index (χ4n) is 3.47. The second-order valence-corrected chi connectivity index (χ2v) is 11.5. The summed E-state index contributed by atoms with van der Waals surface area (Å²) in [5.74, 6) is -0.0266. The Labute approximate surface area is 247 Å². The summed E-state index contributed by atoms with van der Waals surface area (Å²) in [4.78, 5) is 10.7. The molecule has 0 spiro atoms. The molecule has 8 nitrogen and oxygen atoms in total. The molecule has 0 bridgehead atoms. The van der Waals surface area contributed by atoms with Crippen LogP contribution in [-0.4, -0.2) is 54.5 Å². The molecule has 0 amide bonds. The topological polar surface area (TPSA) is 115 Å². The first kappa shape index (κ1) is 32.5. The zero-order chi connectivity index (χ0) is 27.7. The molecule has 0 saturated heterocycles. The number of hydrogen-bond donors (Lipinski definition) is 1. The van der Waals surface area contributed by atoms with Gasteiger partial charge >= 0.3 is 21.1 Å². The van der Waals surface area contributed by atoms with Crippen LogP contribution in [0.25, 0.3) is 22.5 Å². The van der Waals surface area contributed by atoms with E-state index in [1.165, 1.54) is 12.3 Å². The van der Waals surface area contributed by atoms with Crippen molar-refractivity contribution < 1.29 is 38.2 Å². The van der Waals surface area contributed by atoms with Crippen LogP contribution in [0.1, 0.15) is 11.1 Å². The van der Waals surface area contributed by atoms with Crippen molar-refractivity contribution in [1.82, 2.24) is 15.3 Å². The summed E-state index contributed by atoms with van der Waals surface area (Å²) < 4.78 is 44.5. The minimum absolute atomic E-state index is 0. The molecule has 11 heteroatoms. The molecule has 208 valence electrons. The minimum Gasteiger partial charge on any atom is -0.772 e. The molecule has 1 unspecified atom stereocenters. The van der Waals surface area contributed by atoms with Crippen LogP contribution in [-0.2, 0) is 54.3 Å². The first-order valence-corrected chi connectivity index (χ1v) is 14.7. The largest absolute Gasteiger partial charge is 2.00 e. The number of sulfone groups is 1. The number of aromatic nitrogens is 2. The smallest absolute Gasteiger partial charge is 0.772 e. The van der Waals surface area contributed by atoms with Crippen molar-refractivity contribution in [3.63, 3.8) is 0 Å². The van der Waals surface area contributed by atoms with E-state index in [2.05, 4.69) is 27.4 Å². The third kappa shape index (κ3) is 10.1. The van der Waals surface area contributed by atoms with E-state index >= 15 is 0 Å². The van der Waals surface area contributed by atoms with Gasteiger partial charge in [-0.1, -0.05) is 23.2 Å². The zero-order valence-electron chi connectivity index (χ0n) is 21.9. The maximum absolute atomic E-state index is 11.5. The van der Waals surface area contributed by atoms with Gasteiger partial charge in [-0.2, -0.15) is 0 Å². The number of nitrogens with one attached hydrogen (secondary N) is 1. The molecule has 1 N–H and O–H groups in total. The molecule has 2 heterocycles. The van der Waals surface area contributed by atoms with E-state index in [9.17, 15) is 17.2 Å². The standard InChI is InChI=1S/2C14H15N2O2S.Pt/c1-15-10-11-6-7-16-14(8-11)12-4-3-5-13(9-12)19(2,17)18;1-16(2)13-6-7-15-14(9-13)12-5-3-4-11(8-12)10-19(17)18;/h3-8,15H,10H2,1-2H3;3-7,9H,10H2,1-2H3,(H,17,18);/q2*-1;+2/p-1. The van der Waals surface area contributed by atoms with Gasteiger partial charge in [0.25, 0.3) is 0 Å². The van der Waals surface area contributed by atoms with Gasteiger partial charge in [-0.15, -0.1) is 65.2 Å². The molecule has 39 heavy (non-hydrogen) atoms. The summed E-state index contributed by atoms with van der Waals surface area (Å²) in [7, 11) is 2.54. The van der Waals surface area contributed by atoms with E-state index in [0.29, 0.717) is 11.1 Å². The first-order chi connectivity index (χ1) is 18.1. The Hall–Kier alpha value is -2.75. The average molecular weight is 745 g/mol. The van der Waals surface area contributed by atoms with Gasteiger partial charge in [0.1, 0.15) is 0 Å². The second kappa shape index (κ2) is 15.1. The fraction of sp³-hybridized carbons (Fsp3) is 0.214. The Balaban J connectivity index is 0.000000267. The van der Waals surface area contributed by atoms with E-state index in [4.69, 9.17) is 0 Å². The molecule has 0 aliphatic rings. The zero-order valence-corrected chi connectivity index (χ0v) is 25.9. The number of hydrogen-bond acceptors (Lipinski definition) is 8. The molecule has 2 aromatic carbocycles. The molecule has 4 aromatic rings. The second-order valence-electron chi connectivity index (χ2n) is 8.61. The van der Waals surface area contributed by atoms with Crippen LogP contribution in [0.2, 0.25) is 0 Å². The maximum Gasteiger partial charge on any atom is 2.00 e. The third-order valence-corrected chi connectivity index (χ3v) is 6.90. The van der Waals surface area contributed by atoms with Gasteiger partial charge in [-0.25, -0.2) is 8.42 Å². The van der Waals surface area contributed by atoms with Crippen molar-refractivity contribution in [3.8, 4) is 22.5 Å². The van der Waals surface area contributed by atoms with Crippen molar-refractivity contribution in [2.75, 3.05) is 32.3 Å². The predicted molar refractivity (Wildman–Crippen MR) is 150 cm³/mol. The van der Waals surface area contributed by atoms with E-state index in [1.807, 2.05) is 62.4 Å². The number of anilines is 1. The summed E-state index contributed by atoms with van der Waals surface area (Å²) in [6.07, 6.45) is 4.62. The van der Waals surface area contributed by atoms with Gasteiger partial charge in [0.15, 0.2) is 9.84 Å². The number of nitrogens with zero attached hydrogens (tertiary/aromatic N) is 3. The van der Waals surface area contributed by atoms with Crippen LogP contribution in [0, 0.1) is 12.1 Å². The minimum atomic E-state index is -3.25. The summed E-state index contributed by atoms with van der Waals surface area (Å²) in [5, 5.41) is 3.06. The van der Waals surface area contributed by atoms with E-state index in [1.54, 1.807) is 30.6 Å². The molecule has 0 saturated carbocycles. The van der Waals surface area contributed by atoms with Crippen LogP contribution in [0.4, 0.5) is 5.69 Å². The molecule has 0 fully saturated rings. The Bertz CT molecular complexity index is 1510. The molecule has 2 aromatic heterocycles. The molecular formula is C28H29N4O4PtS2-. The van der Waals surface area contributed by atoms with Crippen molar-refractivity contribution in [1.29, 1.82) is 0 Å². The Morgan fingerprint density at radius 2 is 1.56 bits per heavy atom. The van der Waals surface area contributed by atoms with Crippen LogP contribution >= 0.6 is 0 Å². The van der Waals surface area contributed by atoms with Gasteiger partial charge in [0.05, 0.1) is 0 Å². The fourth-order valence-corrected chi connectivity index (χ4v) is 4.51. The van der Waals surface area contributed by atoms with Gasteiger partial charge in [-0.05, 0) is 41.0 Å². The van der Waals surface area contributed by atoms with Gasteiger partial charge < -0.3 is 24.7 Å². The maximum atomic E-state index is 11.5. The van der Waals surface area contributed by atoms with Gasteiger partial charge in [0, 0.05) is 50.7 Å². The van der Waals surface area contributed by atoms with E-state index in [0.717, 1.165) is 34.7 Å². The number of rotatable bonds is 8. The third-order valence-electron chi connectivity index (χ3n) is 5.31. The van der Waals surface area contributed by atoms with Gasteiger partial charge in [-0.3, -0.25) is 4.21 Å². The van der Waals surface area contributed by atoms with Crippen LogP contribution < -0.4 is 10.2 Å². The van der Waals surface area contributed by atoms with Crippen molar-refractivity contribution in [3.05, 3.63) is 96.3 Å². The Morgan fingerprint density at radius 1 is 0.949 bits per heavy atom. The average Bonchev–Trinajstić information content (AvgIpc) is 2.89. The summed E-state index contributed by atoms with van der Waals surface area (Å²) >= 11 is -2.10.